The van der Waals surface area contributed by atoms with Gasteiger partial charge < -0.3 is 21.1 Å². The van der Waals surface area contributed by atoms with Crippen molar-refractivity contribution in [3.05, 3.63) is 47.2 Å². The summed E-state index contributed by atoms with van der Waals surface area (Å²) in [6.45, 7) is 3.74. The van der Waals surface area contributed by atoms with Crippen molar-refractivity contribution in [3.63, 3.8) is 0 Å². The van der Waals surface area contributed by atoms with Crippen LogP contribution in [0.5, 0.6) is 0 Å². The molecule has 8 heteroatoms. The molecule has 0 aromatic heterocycles. The van der Waals surface area contributed by atoms with E-state index in [0.717, 1.165) is 5.56 Å². The molecule has 1 aromatic carbocycles. The van der Waals surface area contributed by atoms with E-state index in [-0.39, 0.29) is 24.5 Å². The Hall–Kier alpha value is -2.87. The zero-order valence-electron chi connectivity index (χ0n) is 15.9. The molecular formula is C20H26N4O4. The number of hydrogen-bond acceptors (Lipinski definition) is 5. The van der Waals surface area contributed by atoms with E-state index in [1.54, 1.807) is 6.92 Å². The summed E-state index contributed by atoms with van der Waals surface area (Å²) in [7, 11) is 0. The number of carbonyl (C=O) groups is 3. The molecule has 1 saturated heterocycles. The van der Waals surface area contributed by atoms with Crippen LogP contribution in [0.3, 0.4) is 0 Å². The second-order valence-corrected chi connectivity index (χ2v) is 7.01. The first-order valence-corrected chi connectivity index (χ1v) is 9.54. The van der Waals surface area contributed by atoms with Gasteiger partial charge in [-0.15, -0.1) is 0 Å². The van der Waals surface area contributed by atoms with E-state index in [2.05, 4.69) is 15.5 Å². The van der Waals surface area contributed by atoms with Crippen LogP contribution in [-0.2, 0) is 14.3 Å². The third-order valence-electron chi connectivity index (χ3n) is 5.15. The number of esters is 1. The van der Waals surface area contributed by atoms with Gasteiger partial charge in [-0.2, -0.15) is 0 Å². The predicted molar refractivity (Wildman–Crippen MR) is 103 cm³/mol. The molecule has 150 valence electrons. The third kappa shape index (κ3) is 4.51. The average molecular weight is 386 g/mol. The first-order chi connectivity index (χ1) is 13.5. The summed E-state index contributed by atoms with van der Waals surface area (Å²) >= 11 is 0. The van der Waals surface area contributed by atoms with Crippen molar-refractivity contribution in [1.82, 2.24) is 15.5 Å². The SMILES string of the molecule is CCOC(=O)C1=C(CN2CCC(C(N)=O)CC2)NC(=O)N[C@H]1c1ccccc1. The average Bonchev–Trinajstić information content (AvgIpc) is 2.68. The highest BCUT2D eigenvalue weighted by molar-refractivity contribution is 5.95. The number of piperidine rings is 1. The molecule has 1 aromatic rings. The number of urea groups is 1. The van der Waals surface area contributed by atoms with E-state index < -0.39 is 12.0 Å². The highest BCUT2D eigenvalue weighted by atomic mass is 16.5. The molecule has 0 saturated carbocycles. The molecule has 0 aliphatic carbocycles. The first-order valence-electron chi connectivity index (χ1n) is 9.54. The first kappa shape index (κ1) is 19.9. The fourth-order valence-corrected chi connectivity index (χ4v) is 3.69. The summed E-state index contributed by atoms with van der Waals surface area (Å²) in [4.78, 5) is 38.5. The lowest BCUT2D eigenvalue weighted by Gasteiger charge is -2.34. The normalized spacial score (nSPS) is 21.0. The molecule has 2 heterocycles. The Morgan fingerprint density at radius 3 is 2.50 bits per heavy atom. The number of nitrogens with one attached hydrogen (secondary N) is 2. The van der Waals surface area contributed by atoms with E-state index >= 15 is 0 Å². The molecule has 3 rings (SSSR count). The van der Waals surface area contributed by atoms with Crippen LogP contribution in [0.2, 0.25) is 0 Å². The maximum atomic E-state index is 12.7. The smallest absolute Gasteiger partial charge is 0.338 e. The molecule has 0 bridgehead atoms. The van der Waals surface area contributed by atoms with Gasteiger partial charge in [0.05, 0.1) is 18.2 Å². The Balaban J connectivity index is 1.87. The van der Waals surface area contributed by atoms with E-state index in [4.69, 9.17) is 10.5 Å². The Labute approximate surface area is 164 Å². The summed E-state index contributed by atoms with van der Waals surface area (Å²) < 4.78 is 5.27. The summed E-state index contributed by atoms with van der Waals surface area (Å²) in [6, 6.07) is 8.40. The molecule has 8 nitrogen and oxygen atoms in total. The molecule has 0 spiro atoms. The predicted octanol–water partition coefficient (Wildman–Crippen LogP) is 1.06. The lowest BCUT2D eigenvalue weighted by Crippen LogP contribution is -2.49. The molecule has 2 aliphatic heterocycles. The van der Waals surface area contributed by atoms with Crippen molar-refractivity contribution in [1.29, 1.82) is 0 Å². The van der Waals surface area contributed by atoms with Crippen LogP contribution in [0.4, 0.5) is 4.79 Å². The number of amides is 3. The Morgan fingerprint density at radius 1 is 1.21 bits per heavy atom. The van der Waals surface area contributed by atoms with E-state index in [1.807, 2.05) is 30.3 Å². The van der Waals surface area contributed by atoms with Gasteiger partial charge in [-0.25, -0.2) is 9.59 Å². The van der Waals surface area contributed by atoms with E-state index in [1.165, 1.54) is 0 Å². The molecule has 3 amide bonds. The van der Waals surface area contributed by atoms with Gasteiger partial charge in [0, 0.05) is 18.2 Å². The second kappa shape index (κ2) is 8.88. The topological polar surface area (TPSA) is 114 Å². The summed E-state index contributed by atoms with van der Waals surface area (Å²) in [5.41, 5.74) is 7.15. The lowest BCUT2D eigenvalue weighted by atomic mass is 9.93. The number of rotatable bonds is 6. The largest absolute Gasteiger partial charge is 0.463 e. The second-order valence-electron chi connectivity index (χ2n) is 7.01. The summed E-state index contributed by atoms with van der Waals surface area (Å²) in [6.07, 6.45) is 1.34. The summed E-state index contributed by atoms with van der Waals surface area (Å²) in [5, 5.41) is 5.61. The molecule has 1 atom stereocenters. The molecule has 0 radical (unpaired) electrons. The van der Waals surface area contributed by atoms with Crippen molar-refractivity contribution in [2.75, 3.05) is 26.2 Å². The van der Waals surface area contributed by atoms with Gasteiger partial charge in [-0.05, 0) is 38.4 Å². The molecule has 4 N–H and O–H groups in total. The van der Waals surface area contributed by atoms with Crippen molar-refractivity contribution >= 4 is 17.9 Å². The van der Waals surface area contributed by atoms with Crippen LogP contribution >= 0.6 is 0 Å². The Kier molecular flexibility index (Phi) is 6.30. The molecular weight excluding hydrogens is 360 g/mol. The van der Waals surface area contributed by atoms with Crippen LogP contribution in [-0.4, -0.2) is 49.0 Å². The minimum absolute atomic E-state index is 0.116. The maximum Gasteiger partial charge on any atom is 0.338 e. The number of carbonyl (C=O) groups excluding carboxylic acids is 3. The highest BCUT2D eigenvalue weighted by Gasteiger charge is 2.35. The third-order valence-corrected chi connectivity index (χ3v) is 5.15. The van der Waals surface area contributed by atoms with Gasteiger partial charge >= 0.3 is 12.0 Å². The Bertz CT molecular complexity index is 770. The molecule has 0 unspecified atom stereocenters. The van der Waals surface area contributed by atoms with Crippen LogP contribution in [0.1, 0.15) is 31.4 Å². The van der Waals surface area contributed by atoms with Crippen LogP contribution in [0, 0.1) is 5.92 Å². The van der Waals surface area contributed by atoms with Crippen molar-refractivity contribution in [2.24, 2.45) is 11.7 Å². The van der Waals surface area contributed by atoms with Gasteiger partial charge in [0.2, 0.25) is 5.91 Å². The molecule has 2 aliphatic rings. The standard InChI is InChI=1S/C20H26N4O4/c1-2-28-19(26)16-15(12-24-10-8-14(9-11-24)18(21)25)22-20(27)23-17(16)13-6-4-3-5-7-13/h3-7,14,17H,2,8-12H2,1H3,(H2,21,25)(H2,22,23,27)/t17-/m0/s1. The Morgan fingerprint density at radius 2 is 1.89 bits per heavy atom. The number of nitrogens with zero attached hydrogens (tertiary/aromatic N) is 1. The van der Waals surface area contributed by atoms with Gasteiger partial charge in [0.15, 0.2) is 0 Å². The van der Waals surface area contributed by atoms with Crippen LogP contribution < -0.4 is 16.4 Å². The lowest BCUT2D eigenvalue weighted by molar-refractivity contribution is -0.139. The number of benzene rings is 1. The zero-order chi connectivity index (χ0) is 20.1. The van der Waals surface area contributed by atoms with Crippen molar-refractivity contribution in [3.8, 4) is 0 Å². The van der Waals surface area contributed by atoms with Gasteiger partial charge in [0.1, 0.15) is 0 Å². The fraction of sp³-hybridized carbons (Fsp3) is 0.450. The molecule has 28 heavy (non-hydrogen) atoms. The number of primary amides is 1. The minimum atomic E-state index is -0.577. The fourth-order valence-electron chi connectivity index (χ4n) is 3.69. The maximum absolute atomic E-state index is 12.7. The number of nitrogens with two attached hydrogens (primary N) is 1. The van der Waals surface area contributed by atoms with Crippen LogP contribution in [0.15, 0.2) is 41.6 Å². The van der Waals surface area contributed by atoms with Gasteiger partial charge in [0.25, 0.3) is 0 Å². The van der Waals surface area contributed by atoms with Crippen LogP contribution in [0.25, 0.3) is 0 Å². The minimum Gasteiger partial charge on any atom is -0.463 e. The quantitative estimate of drug-likeness (QED) is 0.633. The monoisotopic (exact) mass is 386 g/mol. The van der Waals surface area contributed by atoms with E-state index in [0.29, 0.717) is 43.7 Å². The summed E-state index contributed by atoms with van der Waals surface area (Å²) in [5.74, 6) is -0.842. The number of ether oxygens (including phenoxy) is 1. The van der Waals surface area contributed by atoms with Gasteiger partial charge in [-0.1, -0.05) is 30.3 Å². The highest BCUT2D eigenvalue weighted by Crippen LogP contribution is 2.28. The van der Waals surface area contributed by atoms with Crippen molar-refractivity contribution in [2.45, 2.75) is 25.8 Å². The van der Waals surface area contributed by atoms with Crippen molar-refractivity contribution < 1.29 is 19.1 Å². The number of likely N-dealkylation sites (tertiary alicyclic amines) is 1. The van der Waals surface area contributed by atoms with E-state index in [9.17, 15) is 14.4 Å². The molecule has 1 fully saturated rings. The number of hydrogen-bond donors (Lipinski definition) is 3. The van der Waals surface area contributed by atoms with Gasteiger partial charge in [-0.3, -0.25) is 9.69 Å². The zero-order valence-corrected chi connectivity index (χ0v) is 15.9.